The molecule has 8 heteroatoms. The number of carbonyl (C=O) groups excluding carboxylic acids is 2. The minimum absolute atomic E-state index is 0.437. The Kier molecular flexibility index (Phi) is 8.94. The summed E-state index contributed by atoms with van der Waals surface area (Å²) in [5, 5.41) is 2.81. The fourth-order valence-electron chi connectivity index (χ4n) is 3.54. The standard InChI is InChI=1S/C28H29NO7/c1-18-11-13-22(32-2)21(15-18)29-28(31)26(20-9-7-6-8-10-20)36-25(30)14-12-19-16-23(33-3)27(35-5)24(17-19)34-4/h6-17,26H,1-5H3,(H,29,31)/b14-12+/t26-/m1/s1. The second kappa shape index (κ2) is 12.3. The Morgan fingerprint density at radius 3 is 2.03 bits per heavy atom. The summed E-state index contributed by atoms with van der Waals surface area (Å²) in [5.74, 6) is 0.599. The Morgan fingerprint density at radius 2 is 1.44 bits per heavy atom. The molecule has 0 fully saturated rings. The lowest BCUT2D eigenvalue weighted by molar-refractivity contribution is -0.149. The highest BCUT2D eigenvalue weighted by atomic mass is 16.5. The molecule has 3 aromatic carbocycles. The predicted octanol–water partition coefficient (Wildman–Crippen LogP) is 4.97. The lowest BCUT2D eigenvalue weighted by Crippen LogP contribution is -2.25. The van der Waals surface area contributed by atoms with E-state index in [0.717, 1.165) is 5.56 Å². The van der Waals surface area contributed by atoms with E-state index in [1.165, 1.54) is 40.6 Å². The zero-order chi connectivity index (χ0) is 26.1. The van der Waals surface area contributed by atoms with Crippen LogP contribution in [0.15, 0.2) is 66.7 Å². The van der Waals surface area contributed by atoms with Gasteiger partial charge in [0.1, 0.15) is 5.75 Å². The van der Waals surface area contributed by atoms with Gasteiger partial charge in [-0.15, -0.1) is 0 Å². The number of ether oxygens (including phenoxy) is 5. The number of nitrogens with one attached hydrogen (secondary N) is 1. The highest BCUT2D eigenvalue weighted by Crippen LogP contribution is 2.38. The van der Waals surface area contributed by atoms with Gasteiger partial charge in [-0.25, -0.2) is 4.79 Å². The zero-order valence-corrected chi connectivity index (χ0v) is 20.9. The summed E-state index contributed by atoms with van der Waals surface area (Å²) in [5.41, 5.74) is 2.56. The number of hydrogen-bond acceptors (Lipinski definition) is 7. The van der Waals surface area contributed by atoms with Crippen molar-refractivity contribution in [2.24, 2.45) is 0 Å². The third-order valence-electron chi connectivity index (χ3n) is 5.29. The zero-order valence-electron chi connectivity index (χ0n) is 20.9. The van der Waals surface area contributed by atoms with E-state index in [1.54, 1.807) is 48.5 Å². The molecule has 36 heavy (non-hydrogen) atoms. The second-order valence-corrected chi connectivity index (χ2v) is 7.71. The molecule has 0 unspecified atom stereocenters. The van der Waals surface area contributed by atoms with Crippen LogP contribution in [0.3, 0.4) is 0 Å². The Morgan fingerprint density at radius 1 is 0.806 bits per heavy atom. The van der Waals surface area contributed by atoms with Crippen LogP contribution in [-0.2, 0) is 14.3 Å². The van der Waals surface area contributed by atoms with Crippen LogP contribution in [0.5, 0.6) is 23.0 Å². The molecule has 0 radical (unpaired) electrons. The number of esters is 1. The first-order valence-electron chi connectivity index (χ1n) is 11.1. The molecule has 0 aromatic heterocycles. The summed E-state index contributed by atoms with van der Waals surface area (Å²) in [6, 6.07) is 17.6. The number of rotatable bonds is 10. The van der Waals surface area contributed by atoms with Crippen LogP contribution < -0.4 is 24.3 Å². The maximum atomic E-state index is 13.2. The summed E-state index contributed by atoms with van der Waals surface area (Å²) in [7, 11) is 6.04. The predicted molar refractivity (Wildman–Crippen MR) is 137 cm³/mol. The minimum atomic E-state index is -1.19. The van der Waals surface area contributed by atoms with Gasteiger partial charge in [0.15, 0.2) is 11.5 Å². The molecule has 0 spiro atoms. The quantitative estimate of drug-likeness (QED) is 0.316. The molecular formula is C28H29NO7. The highest BCUT2D eigenvalue weighted by molar-refractivity contribution is 5.98. The molecular weight excluding hydrogens is 462 g/mol. The summed E-state index contributed by atoms with van der Waals surface area (Å²) in [4.78, 5) is 26.0. The molecule has 188 valence electrons. The van der Waals surface area contributed by atoms with Crippen molar-refractivity contribution in [2.75, 3.05) is 33.8 Å². The van der Waals surface area contributed by atoms with Crippen LogP contribution in [0, 0.1) is 6.92 Å². The van der Waals surface area contributed by atoms with Crippen molar-refractivity contribution in [3.05, 3.63) is 83.4 Å². The van der Waals surface area contributed by atoms with E-state index in [-0.39, 0.29) is 0 Å². The average molecular weight is 492 g/mol. The van der Waals surface area contributed by atoms with Crippen molar-refractivity contribution in [1.82, 2.24) is 0 Å². The van der Waals surface area contributed by atoms with Crippen LogP contribution in [0.1, 0.15) is 22.8 Å². The van der Waals surface area contributed by atoms with Gasteiger partial charge in [0.05, 0.1) is 34.1 Å². The number of amides is 1. The van der Waals surface area contributed by atoms with Gasteiger partial charge in [-0.2, -0.15) is 0 Å². The van der Waals surface area contributed by atoms with Crippen LogP contribution in [0.25, 0.3) is 6.08 Å². The van der Waals surface area contributed by atoms with E-state index < -0.39 is 18.0 Å². The number of anilines is 1. The molecule has 3 aromatic rings. The number of benzene rings is 3. The molecule has 0 aliphatic rings. The minimum Gasteiger partial charge on any atom is -0.495 e. The molecule has 1 N–H and O–H groups in total. The second-order valence-electron chi connectivity index (χ2n) is 7.71. The molecule has 1 atom stereocenters. The topological polar surface area (TPSA) is 92.3 Å². The molecule has 0 saturated heterocycles. The van der Waals surface area contributed by atoms with E-state index in [2.05, 4.69) is 5.32 Å². The Labute approximate surface area is 210 Å². The summed E-state index contributed by atoms with van der Waals surface area (Å²) >= 11 is 0. The number of methoxy groups -OCH3 is 4. The van der Waals surface area contributed by atoms with E-state index in [9.17, 15) is 9.59 Å². The number of aryl methyl sites for hydroxylation is 1. The van der Waals surface area contributed by atoms with Crippen LogP contribution in [0.4, 0.5) is 5.69 Å². The van der Waals surface area contributed by atoms with Gasteiger partial charge < -0.3 is 29.0 Å². The molecule has 0 aliphatic carbocycles. The van der Waals surface area contributed by atoms with E-state index in [1.807, 2.05) is 19.1 Å². The van der Waals surface area contributed by atoms with Gasteiger partial charge in [-0.05, 0) is 48.4 Å². The van der Waals surface area contributed by atoms with Crippen LogP contribution in [0.2, 0.25) is 0 Å². The average Bonchev–Trinajstić information content (AvgIpc) is 2.90. The van der Waals surface area contributed by atoms with Crippen LogP contribution in [-0.4, -0.2) is 40.3 Å². The first-order chi connectivity index (χ1) is 17.4. The summed E-state index contributed by atoms with van der Waals surface area (Å²) in [6.45, 7) is 1.90. The maximum Gasteiger partial charge on any atom is 0.331 e. The monoisotopic (exact) mass is 491 g/mol. The van der Waals surface area contributed by atoms with Crippen molar-refractivity contribution in [1.29, 1.82) is 0 Å². The van der Waals surface area contributed by atoms with E-state index in [4.69, 9.17) is 23.7 Å². The van der Waals surface area contributed by atoms with Crippen molar-refractivity contribution >= 4 is 23.6 Å². The smallest absolute Gasteiger partial charge is 0.331 e. The molecule has 0 aliphatic heterocycles. The molecule has 0 bridgehead atoms. The third kappa shape index (κ3) is 6.35. The Bertz CT molecular complexity index is 1210. The third-order valence-corrected chi connectivity index (χ3v) is 5.29. The molecule has 0 saturated carbocycles. The van der Waals surface area contributed by atoms with Gasteiger partial charge >= 0.3 is 5.97 Å². The number of hydrogen-bond donors (Lipinski definition) is 1. The lowest BCUT2D eigenvalue weighted by Gasteiger charge is -2.18. The first kappa shape index (κ1) is 26.2. The van der Waals surface area contributed by atoms with Gasteiger partial charge in [0.25, 0.3) is 5.91 Å². The fourth-order valence-corrected chi connectivity index (χ4v) is 3.54. The maximum absolute atomic E-state index is 13.2. The Balaban J connectivity index is 1.84. The largest absolute Gasteiger partial charge is 0.495 e. The Hall–Kier alpha value is -4.46. The molecule has 3 rings (SSSR count). The van der Waals surface area contributed by atoms with Crippen LogP contribution >= 0.6 is 0 Å². The van der Waals surface area contributed by atoms with Crippen molar-refractivity contribution in [2.45, 2.75) is 13.0 Å². The van der Waals surface area contributed by atoms with Gasteiger partial charge in [0.2, 0.25) is 11.9 Å². The highest BCUT2D eigenvalue weighted by Gasteiger charge is 2.25. The van der Waals surface area contributed by atoms with Crippen molar-refractivity contribution in [3.8, 4) is 23.0 Å². The first-order valence-corrected chi connectivity index (χ1v) is 11.1. The SMILES string of the molecule is COc1ccc(C)cc1NC(=O)[C@H](OC(=O)/C=C/c1cc(OC)c(OC)c(OC)c1)c1ccccc1. The fraction of sp³-hybridized carbons (Fsp3) is 0.214. The molecule has 1 amide bonds. The summed E-state index contributed by atoms with van der Waals surface area (Å²) in [6.07, 6.45) is 1.58. The molecule has 0 heterocycles. The van der Waals surface area contributed by atoms with E-state index in [0.29, 0.717) is 39.8 Å². The van der Waals surface area contributed by atoms with Crippen molar-refractivity contribution in [3.63, 3.8) is 0 Å². The summed E-state index contributed by atoms with van der Waals surface area (Å²) < 4.78 is 26.9. The lowest BCUT2D eigenvalue weighted by atomic mass is 10.1. The van der Waals surface area contributed by atoms with Gasteiger partial charge in [-0.3, -0.25) is 4.79 Å². The molecule has 8 nitrogen and oxygen atoms in total. The normalized spacial score (nSPS) is 11.5. The van der Waals surface area contributed by atoms with Gasteiger partial charge in [-0.1, -0.05) is 36.4 Å². The number of carbonyl (C=O) groups is 2. The van der Waals surface area contributed by atoms with Crippen molar-refractivity contribution < 1.29 is 33.3 Å². The van der Waals surface area contributed by atoms with E-state index >= 15 is 0 Å². The van der Waals surface area contributed by atoms with Gasteiger partial charge in [0, 0.05) is 11.6 Å².